The van der Waals surface area contributed by atoms with Gasteiger partial charge < -0.3 is 4.90 Å². The minimum atomic E-state index is -0.536. The van der Waals surface area contributed by atoms with Crippen LogP contribution in [0.4, 0.5) is 4.39 Å². The Morgan fingerprint density at radius 3 is 2.80 bits per heavy atom. The number of benzene rings is 1. The Morgan fingerprint density at radius 2 is 2.20 bits per heavy atom. The lowest BCUT2D eigenvalue weighted by atomic mass is 10.2. The number of hydrogen-bond acceptors (Lipinski definition) is 2. The van der Waals surface area contributed by atoms with Crippen LogP contribution in [0.5, 0.6) is 0 Å². The first-order chi connectivity index (χ1) is 7.16. The van der Waals surface area contributed by atoms with Crippen molar-refractivity contribution in [2.24, 2.45) is 0 Å². The van der Waals surface area contributed by atoms with E-state index in [1.807, 2.05) is 6.07 Å². The highest BCUT2D eigenvalue weighted by Gasteiger charge is 2.14. The number of nitriles is 1. The largest absolute Gasteiger partial charge is 0.341 e. The van der Waals surface area contributed by atoms with Gasteiger partial charge in [-0.1, -0.05) is 12.1 Å². The van der Waals surface area contributed by atoms with E-state index in [-0.39, 0.29) is 12.0 Å². The molecule has 0 aliphatic heterocycles. The third-order valence-electron chi connectivity index (χ3n) is 2.01. The van der Waals surface area contributed by atoms with E-state index in [1.54, 1.807) is 13.1 Å². The van der Waals surface area contributed by atoms with Gasteiger partial charge in [-0.25, -0.2) is 4.39 Å². The fourth-order valence-corrected chi connectivity index (χ4v) is 1.16. The molecular formula is C11H11FN2O. The van der Waals surface area contributed by atoms with Crippen LogP contribution >= 0.6 is 0 Å². The summed E-state index contributed by atoms with van der Waals surface area (Å²) in [6.45, 7) is 0.309. The number of amides is 1. The van der Waals surface area contributed by atoms with Crippen LogP contribution in [0.15, 0.2) is 24.3 Å². The lowest BCUT2D eigenvalue weighted by Gasteiger charge is -2.15. The van der Waals surface area contributed by atoms with Crippen LogP contribution in [0, 0.1) is 17.1 Å². The molecule has 0 aliphatic carbocycles. The van der Waals surface area contributed by atoms with Gasteiger partial charge in [-0.3, -0.25) is 4.79 Å². The van der Waals surface area contributed by atoms with Gasteiger partial charge in [0.1, 0.15) is 5.82 Å². The highest BCUT2D eigenvalue weighted by molar-refractivity contribution is 5.94. The Kier molecular flexibility index (Phi) is 3.81. The summed E-state index contributed by atoms with van der Waals surface area (Å²) in [4.78, 5) is 13.0. The molecule has 0 fully saturated rings. The number of nitrogens with zero attached hydrogens (tertiary/aromatic N) is 2. The average molecular weight is 206 g/mol. The summed E-state index contributed by atoms with van der Waals surface area (Å²) >= 11 is 0. The van der Waals surface area contributed by atoms with Crippen molar-refractivity contribution in [1.82, 2.24) is 4.90 Å². The number of rotatable bonds is 3. The van der Waals surface area contributed by atoms with Crippen LogP contribution < -0.4 is 0 Å². The molecule has 0 radical (unpaired) electrons. The van der Waals surface area contributed by atoms with E-state index in [4.69, 9.17) is 5.26 Å². The molecule has 0 aliphatic rings. The molecule has 3 nitrogen and oxygen atoms in total. The molecule has 0 saturated carbocycles. The second-order valence-electron chi connectivity index (χ2n) is 3.11. The van der Waals surface area contributed by atoms with E-state index in [1.165, 1.54) is 23.1 Å². The first-order valence-electron chi connectivity index (χ1n) is 4.53. The standard InChI is InChI=1S/C11H11FN2O/c1-14(8-4-7-13)11(15)9-5-2-3-6-10(9)12/h2-3,5-6H,4,8H2,1H3. The smallest absolute Gasteiger partial charge is 0.256 e. The number of halogens is 1. The maximum Gasteiger partial charge on any atom is 0.256 e. The Labute approximate surface area is 87.7 Å². The Morgan fingerprint density at radius 1 is 1.53 bits per heavy atom. The van der Waals surface area contributed by atoms with Gasteiger partial charge in [0, 0.05) is 13.6 Å². The third-order valence-corrected chi connectivity index (χ3v) is 2.01. The lowest BCUT2D eigenvalue weighted by Crippen LogP contribution is -2.28. The van der Waals surface area contributed by atoms with Crippen LogP contribution in [0.1, 0.15) is 16.8 Å². The normalized spacial score (nSPS) is 9.40. The summed E-state index contributed by atoms with van der Waals surface area (Å²) in [5, 5.41) is 8.36. The molecular weight excluding hydrogens is 195 g/mol. The number of carbonyl (C=O) groups excluding carboxylic acids is 1. The van der Waals surface area contributed by atoms with Crippen LogP contribution in [0.25, 0.3) is 0 Å². The van der Waals surface area contributed by atoms with Crippen molar-refractivity contribution in [3.05, 3.63) is 35.6 Å². The molecule has 1 rings (SSSR count). The SMILES string of the molecule is CN(CCC#N)C(=O)c1ccccc1F. The van der Waals surface area contributed by atoms with Gasteiger partial charge in [-0.2, -0.15) is 5.26 Å². The summed E-state index contributed by atoms with van der Waals surface area (Å²) in [7, 11) is 1.55. The van der Waals surface area contributed by atoms with E-state index < -0.39 is 11.7 Å². The summed E-state index contributed by atoms with van der Waals surface area (Å²) in [6.07, 6.45) is 0.247. The van der Waals surface area contributed by atoms with Gasteiger partial charge in [-0.05, 0) is 12.1 Å². The monoisotopic (exact) mass is 206 g/mol. The zero-order chi connectivity index (χ0) is 11.3. The maximum atomic E-state index is 13.2. The minimum Gasteiger partial charge on any atom is -0.341 e. The van der Waals surface area contributed by atoms with Crippen molar-refractivity contribution in [3.63, 3.8) is 0 Å². The maximum absolute atomic E-state index is 13.2. The van der Waals surface area contributed by atoms with Crippen LogP contribution in [-0.4, -0.2) is 24.4 Å². The average Bonchev–Trinajstić information content (AvgIpc) is 2.25. The molecule has 0 atom stereocenters. The molecule has 0 aromatic heterocycles. The fraction of sp³-hybridized carbons (Fsp3) is 0.273. The van der Waals surface area contributed by atoms with E-state index in [0.29, 0.717) is 6.54 Å². The Hall–Kier alpha value is -1.89. The molecule has 0 heterocycles. The second-order valence-corrected chi connectivity index (χ2v) is 3.11. The Bertz CT molecular complexity index is 398. The van der Waals surface area contributed by atoms with Gasteiger partial charge in [0.05, 0.1) is 18.1 Å². The second kappa shape index (κ2) is 5.11. The van der Waals surface area contributed by atoms with Crippen LogP contribution in [0.3, 0.4) is 0 Å². The predicted molar refractivity (Wildman–Crippen MR) is 53.6 cm³/mol. The first-order valence-corrected chi connectivity index (χ1v) is 4.53. The molecule has 0 saturated heterocycles. The molecule has 0 unspecified atom stereocenters. The van der Waals surface area contributed by atoms with Gasteiger partial charge in [0.25, 0.3) is 5.91 Å². The van der Waals surface area contributed by atoms with Crippen molar-refractivity contribution in [3.8, 4) is 6.07 Å². The molecule has 78 valence electrons. The highest BCUT2D eigenvalue weighted by Crippen LogP contribution is 2.09. The molecule has 4 heteroatoms. The molecule has 0 bridgehead atoms. The number of carbonyl (C=O) groups is 1. The van der Waals surface area contributed by atoms with Crippen molar-refractivity contribution < 1.29 is 9.18 Å². The molecule has 0 N–H and O–H groups in total. The van der Waals surface area contributed by atoms with Crippen LogP contribution in [-0.2, 0) is 0 Å². The molecule has 1 amide bonds. The molecule has 1 aromatic carbocycles. The van der Waals surface area contributed by atoms with E-state index >= 15 is 0 Å². The zero-order valence-corrected chi connectivity index (χ0v) is 8.40. The van der Waals surface area contributed by atoms with Crippen molar-refractivity contribution in [2.45, 2.75) is 6.42 Å². The van der Waals surface area contributed by atoms with Gasteiger partial charge in [0.15, 0.2) is 0 Å². The zero-order valence-electron chi connectivity index (χ0n) is 8.40. The summed E-state index contributed by atoms with van der Waals surface area (Å²) in [5.74, 6) is -0.936. The predicted octanol–water partition coefficient (Wildman–Crippen LogP) is 1.81. The number of hydrogen-bond donors (Lipinski definition) is 0. The molecule has 1 aromatic rings. The lowest BCUT2D eigenvalue weighted by molar-refractivity contribution is 0.0793. The van der Waals surface area contributed by atoms with E-state index in [0.717, 1.165) is 0 Å². The van der Waals surface area contributed by atoms with Gasteiger partial charge in [-0.15, -0.1) is 0 Å². The quantitative estimate of drug-likeness (QED) is 0.757. The van der Waals surface area contributed by atoms with E-state index in [2.05, 4.69) is 0 Å². The molecule has 0 spiro atoms. The van der Waals surface area contributed by atoms with Crippen molar-refractivity contribution in [1.29, 1.82) is 5.26 Å². The summed E-state index contributed by atoms with van der Waals surface area (Å²) in [6, 6.07) is 7.74. The van der Waals surface area contributed by atoms with E-state index in [9.17, 15) is 9.18 Å². The van der Waals surface area contributed by atoms with Crippen molar-refractivity contribution in [2.75, 3.05) is 13.6 Å². The van der Waals surface area contributed by atoms with Gasteiger partial charge >= 0.3 is 0 Å². The fourth-order valence-electron chi connectivity index (χ4n) is 1.16. The van der Waals surface area contributed by atoms with Crippen LogP contribution in [0.2, 0.25) is 0 Å². The van der Waals surface area contributed by atoms with Gasteiger partial charge in [0.2, 0.25) is 0 Å². The third kappa shape index (κ3) is 2.78. The highest BCUT2D eigenvalue weighted by atomic mass is 19.1. The summed E-state index contributed by atoms with van der Waals surface area (Å²) < 4.78 is 13.2. The minimum absolute atomic E-state index is 0.0398. The summed E-state index contributed by atoms with van der Waals surface area (Å²) in [5.41, 5.74) is 0.0398. The topological polar surface area (TPSA) is 44.1 Å². The Balaban J connectivity index is 2.77. The first kappa shape index (κ1) is 11.2. The molecule has 15 heavy (non-hydrogen) atoms. The van der Waals surface area contributed by atoms with Crippen molar-refractivity contribution >= 4 is 5.91 Å².